The van der Waals surface area contributed by atoms with Crippen molar-refractivity contribution in [1.82, 2.24) is 19.9 Å². The van der Waals surface area contributed by atoms with E-state index in [2.05, 4.69) is 20.6 Å². The quantitative estimate of drug-likeness (QED) is 0.581. The number of nitrogens with two attached hydrogens (primary N) is 2. The van der Waals surface area contributed by atoms with Crippen LogP contribution < -0.4 is 27.7 Å². The van der Waals surface area contributed by atoms with E-state index < -0.39 is 17.1 Å². The van der Waals surface area contributed by atoms with Gasteiger partial charge in [0.25, 0.3) is 11.5 Å². The van der Waals surface area contributed by atoms with E-state index in [9.17, 15) is 9.59 Å². The molecule has 2 aromatic rings. The van der Waals surface area contributed by atoms with E-state index in [4.69, 9.17) is 23.1 Å². The minimum Gasteiger partial charge on any atom is -0.336 e. The van der Waals surface area contributed by atoms with Crippen LogP contribution in [0.25, 0.3) is 0 Å². The summed E-state index contributed by atoms with van der Waals surface area (Å²) in [4.78, 5) is 32.7. The van der Waals surface area contributed by atoms with Gasteiger partial charge in [0.2, 0.25) is 0 Å². The lowest BCUT2D eigenvalue weighted by Crippen LogP contribution is -2.57. The number of hydrogen-bond acceptors (Lipinski definition) is 7. The molecule has 0 saturated carbocycles. The number of aromatic nitrogens is 3. The van der Waals surface area contributed by atoms with Gasteiger partial charge in [-0.25, -0.2) is 9.97 Å². The van der Waals surface area contributed by atoms with Crippen LogP contribution in [0.2, 0.25) is 5.02 Å². The van der Waals surface area contributed by atoms with Crippen LogP contribution in [0.3, 0.4) is 0 Å². The van der Waals surface area contributed by atoms with Gasteiger partial charge in [0.15, 0.2) is 0 Å². The van der Waals surface area contributed by atoms with Crippen LogP contribution in [-0.4, -0.2) is 33.5 Å². The molecule has 0 bridgehead atoms. The summed E-state index contributed by atoms with van der Waals surface area (Å²) in [7, 11) is 0. The Bertz CT molecular complexity index is 817. The number of halogens is 1. The number of hydrogen-bond donors (Lipinski definition) is 4. The molecule has 1 aliphatic rings. The highest BCUT2D eigenvalue weighted by Crippen LogP contribution is 2.28. The fraction of sp³-hybridized carbons (Fsp3) is 0.231. The second kappa shape index (κ2) is 5.61. The van der Waals surface area contributed by atoms with Gasteiger partial charge in [-0.1, -0.05) is 11.6 Å². The first-order chi connectivity index (χ1) is 11.0. The molecule has 120 valence electrons. The maximum Gasteiger partial charge on any atom is 0.277 e. The Hall–Kier alpha value is -2.49. The smallest absolute Gasteiger partial charge is 0.277 e. The van der Waals surface area contributed by atoms with Gasteiger partial charge in [-0.2, -0.15) is 0 Å². The van der Waals surface area contributed by atoms with E-state index in [1.54, 1.807) is 6.07 Å². The molecule has 10 heteroatoms. The average Bonchev–Trinajstić information content (AvgIpc) is 2.87. The van der Waals surface area contributed by atoms with E-state index in [1.165, 1.54) is 23.2 Å². The molecular formula is C13H14ClN7O2. The van der Waals surface area contributed by atoms with Crippen molar-refractivity contribution < 1.29 is 4.79 Å². The van der Waals surface area contributed by atoms with Crippen LogP contribution in [0.15, 0.2) is 29.5 Å². The lowest BCUT2D eigenvalue weighted by molar-refractivity contribution is 0.0925. The third-order valence-electron chi connectivity index (χ3n) is 3.66. The molecule has 1 amide bonds. The monoisotopic (exact) mass is 335 g/mol. The molecule has 0 spiro atoms. The van der Waals surface area contributed by atoms with E-state index in [0.29, 0.717) is 5.82 Å². The van der Waals surface area contributed by atoms with Crippen LogP contribution in [0.1, 0.15) is 10.5 Å². The van der Waals surface area contributed by atoms with Gasteiger partial charge in [0.1, 0.15) is 29.2 Å². The molecule has 1 aliphatic heterocycles. The summed E-state index contributed by atoms with van der Waals surface area (Å²) >= 11 is 6.17. The first-order valence-electron chi connectivity index (χ1n) is 6.74. The fourth-order valence-corrected chi connectivity index (χ4v) is 2.77. The standard InChI is InChI=1S/C13H14ClN7O2/c14-7-3-8(19-9-1-2-17-6-18-9)12(23)21-10(7)11(22)20-13(21,4-15)5-16/h1-3,6H,4-5,15-16H2,(H,20,22)(H,17,18,19). The minimum absolute atomic E-state index is 0.0424. The third kappa shape index (κ3) is 2.34. The van der Waals surface area contributed by atoms with E-state index in [-0.39, 0.29) is 29.5 Å². The molecule has 6 N–H and O–H groups in total. The Kier molecular flexibility index (Phi) is 3.76. The zero-order chi connectivity index (χ0) is 16.6. The van der Waals surface area contributed by atoms with Gasteiger partial charge >= 0.3 is 0 Å². The van der Waals surface area contributed by atoms with Crippen molar-refractivity contribution in [3.8, 4) is 0 Å². The van der Waals surface area contributed by atoms with E-state index in [0.717, 1.165) is 0 Å². The van der Waals surface area contributed by atoms with Crippen LogP contribution >= 0.6 is 11.6 Å². The molecule has 0 atom stereocenters. The fourth-order valence-electron chi connectivity index (χ4n) is 2.49. The van der Waals surface area contributed by atoms with Gasteiger partial charge in [-0.05, 0) is 12.1 Å². The number of fused-ring (bicyclic) bond motifs is 1. The van der Waals surface area contributed by atoms with Crippen molar-refractivity contribution in [2.75, 3.05) is 18.4 Å². The van der Waals surface area contributed by atoms with Gasteiger partial charge in [0.05, 0.1) is 5.02 Å². The molecule has 0 aliphatic carbocycles. The molecule has 0 fully saturated rings. The van der Waals surface area contributed by atoms with Crippen molar-refractivity contribution in [3.05, 3.63) is 45.7 Å². The molecule has 2 aromatic heterocycles. The Morgan fingerprint density at radius 1 is 1.35 bits per heavy atom. The zero-order valence-electron chi connectivity index (χ0n) is 11.9. The van der Waals surface area contributed by atoms with Crippen LogP contribution in [0.4, 0.5) is 11.5 Å². The predicted octanol–water partition coefficient (Wildman–Crippen LogP) is -0.651. The maximum atomic E-state index is 12.8. The predicted molar refractivity (Wildman–Crippen MR) is 84.6 cm³/mol. The number of pyridine rings is 1. The summed E-state index contributed by atoms with van der Waals surface area (Å²) in [5.41, 5.74) is 10.0. The SMILES string of the molecule is NCC1(CN)NC(=O)c2c(Cl)cc(Nc3ccncn3)c(=O)n21. The highest BCUT2D eigenvalue weighted by molar-refractivity contribution is 6.34. The normalized spacial score (nSPS) is 15.2. The molecule has 9 nitrogen and oxygen atoms in total. The van der Waals surface area contributed by atoms with Gasteiger partial charge in [-0.15, -0.1) is 0 Å². The minimum atomic E-state index is -1.20. The molecular weight excluding hydrogens is 322 g/mol. The first kappa shape index (κ1) is 15.4. The summed E-state index contributed by atoms with van der Waals surface area (Å²) in [6.45, 7) is -0.0924. The second-order valence-corrected chi connectivity index (χ2v) is 5.42. The molecule has 0 aromatic carbocycles. The number of nitrogens with one attached hydrogen (secondary N) is 2. The lowest BCUT2D eigenvalue weighted by atomic mass is 10.1. The maximum absolute atomic E-state index is 12.8. The average molecular weight is 336 g/mol. The first-order valence-corrected chi connectivity index (χ1v) is 7.12. The molecule has 0 radical (unpaired) electrons. The molecule has 0 unspecified atom stereocenters. The zero-order valence-corrected chi connectivity index (χ0v) is 12.7. The summed E-state index contributed by atoms with van der Waals surface area (Å²) in [5, 5.41) is 5.61. The summed E-state index contributed by atoms with van der Waals surface area (Å²) in [5.74, 6) is -0.0753. The largest absolute Gasteiger partial charge is 0.336 e. The van der Waals surface area contributed by atoms with Crippen molar-refractivity contribution in [3.63, 3.8) is 0 Å². The number of nitrogens with zero attached hydrogens (tertiary/aromatic N) is 3. The summed E-state index contributed by atoms with van der Waals surface area (Å²) in [6, 6.07) is 2.97. The Morgan fingerprint density at radius 2 is 2.09 bits per heavy atom. The molecule has 3 heterocycles. The van der Waals surface area contributed by atoms with E-state index in [1.807, 2.05) is 0 Å². The van der Waals surface area contributed by atoms with Gasteiger partial charge in [-0.3, -0.25) is 14.2 Å². The van der Waals surface area contributed by atoms with Crippen molar-refractivity contribution >= 4 is 29.0 Å². The number of rotatable bonds is 4. The van der Waals surface area contributed by atoms with E-state index >= 15 is 0 Å². The van der Waals surface area contributed by atoms with Crippen molar-refractivity contribution in [2.45, 2.75) is 5.66 Å². The van der Waals surface area contributed by atoms with Crippen molar-refractivity contribution in [1.29, 1.82) is 0 Å². The Labute approximate surface area is 135 Å². The number of amides is 1. The number of carbonyl (C=O) groups is 1. The summed E-state index contributed by atoms with van der Waals surface area (Å²) < 4.78 is 1.21. The van der Waals surface area contributed by atoms with Crippen LogP contribution in [0, 0.1) is 0 Å². The lowest BCUT2D eigenvalue weighted by Gasteiger charge is -2.28. The molecule has 23 heavy (non-hydrogen) atoms. The third-order valence-corrected chi connectivity index (χ3v) is 3.95. The number of carbonyl (C=O) groups excluding carboxylic acids is 1. The second-order valence-electron chi connectivity index (χ2n) is 5.01. The van der Waals surface area contributed by atoms with Crippen LogP contribution in [0.5, 0.6) is 0 Å². The van der Waals surface area contributed by atoms with Crippen molar-refractivity contribution in [2.24, 2.45) is 11.5 Å². The molecule has 0 saturated heterocycles. The van der Waals surface area contributed by atoms with Gasteiger partial charge in [0, 0.05) is 19.3 Å². The highest BCUT2D eigenvalue weighted by atomic mass is 35.5. The number of anilines is 2. The topological polar surface area (TPSA) is 141 Å². The molecule has 3 rings (SSSR count). The Morgan fingerprint density at radius 3 is 2.70 bits per heavy atom. The van der Waals surface area contributed by atoms with Gasteiger partial charge < -0.3 is 22.1 Å². The Balaban J connectivity index is 2.18. The highest BCUT2D eigenvalue weighted by Gasteiger charge is 2.43. The summed E-state index contributed by atoms with van der Waals surface area (Å²) in [6.07, 6.45) is 2.86. The van der Waals surface area contributed by atoms with Crippen LogP contribution in [-0.2, 0) is 5.66 Å².